The lowest BCUT2D eigenvalue weighted by Crippen LogP contribution is -2.61. The summed E-state index contributed by atoms with van der Waals surface area (Å²) in [6, 6.07) is 0.511. The average molecular weight is 225 g/mol. The lowest BCUT2D eigenvalue weighted by atomic mass is 9.87. The Morgan fingerprint density at radius 3 is 3.25 bits per heavy atom. The lowest BCUT2D eigenvalue weighted by molar-refractivity contribution is -0.218. The van der Waals surface area contributed by atoms with Gasteiger partial charge in [-0.05, 0) is 25.8 Å². The summed E-state index contributed by atoms with van der Waals surface area (Å²) in [6.07, 6.45) is 4.70. The molecule has 0 aromatic carbocycles. The van der Waals surface area contributed by atoms with E-state index in [0.29, 0.717) is 12.5 Å². The Hall–Kier alpha value is -0.610. The molecule has 3 heterocycles. The smallest absolute Gasteiger partial charge is 0.310 e. The molecule has 3 saturated heterocycles. The van der Waals surface area contributed by atoms with Crippen LogP contribution in [0.3, 0.4) is 0 Å². The maximum absolute atomic E-state index is 11.5. The van der Waals surface area contributed by atoms with Crippen LogP contribution >= 0.6 is 0 Å². The molecule has 0 radical (unpaired) electrons. The highest BCUT2D eigenvalue weighted by Gasteiger charge is 2.58. The second kappa shape index (κ2) is 3.70. The molecule has 3 rings (SSSR count). The van der Waals surface area contributed by atoms with Crippen molar-refractivity contribution in [2.24, 2.45) is 0 Å². The van der Waals surface area contributed by atoms with Gasteiger partial charge in [-0.15, -0.1) is 0 Å². The standard InChI is InChI=1S/C12H19NO3/c1-2-5-12-7-10(14)16-11(12)15-8-9-4-3-6-13(9)12/h9,11H,2-8H2,1H3/t9-,11-,12+/m0/s1. The van der Waals surface area contributed by atoms with E-state index in [2.05, 4.69) is 11.8 Å². The molecule has 0 bridgehead atoms. The highest BCUT2D eigenvalue weighted by molar-refractivity contribution is 5.74. The predicted octanol–water partition coefficient (Wildman–Crippen LogP) is 1.29. The van der Waals surface area contributed by atoms with E-state index < -0.39 is 0 Å². The van der Waals surface area contributed by atoms with Gasteiger partial charge in [0, 0.05) is 6.04 Å². The van der Waals surface area contributed by atoms with Gasteiger partial charge in [0.05, 0.1) is 18.6 Å². The number of ether oxygens (including phenoxy) is 2. The van der Waals surface area contributed by atoms with E-state index in [1.807, 2.05) is 0 Å². The van der Waals surface area contributed by atoms with Gasteiger partial charge in [0.2, 0.25) is 6.29 Å². The third kappa shape index (κ3) is 1.32. The molecular weight excluding hydrogens is 206 g/mol. The molecule has 3 aliphatic rings. The lowest BCUT2D eigenvalue weighted by Gasteiger charge is -2.47. The number of morpholine rings is 1. The molecule has 0 amide bonds. The Balaban J connectivity index is 1.93. The average Bonchev–Trinajstić information content (AvgIpc) is 2.81. The Kier molecular flexibility index (Phi) is 2.44. The highest BCUT2D eigenvalue weighted by Crippen LogP contribution is 2.44. The summed E-state index contributed by atoms with van der Waals surface area (Å²) < 4.78 is 11.1. The number of nitrogens with zero attached hydrogens (tertiary/aromatic N) is 1. The Morgan fingerprint density at radius 2 is 2.44 bits per heavy atom. The zero-order valence-electron chi connectivity index (χ0n) is 9.78. The summed E-state index contributed by atoms with van der Waals surface area (Å²) >= 11 is 0. The molecule has 3 aliphatic heterocycles. The van der Waals surface area contributed by atoms with Gasteiger partial charge in [0.15, 0.2) is 0 Å². The molecular formula is C12H19NO3. The molecule has 0 aromatic rings. The van der Waals surface area contributed by atoms with Gasteiger partial charge < -0.3 is 9.47 Å². The third-order valence-electron chi connectivity index (χ3n) is 4.20. The van der Waals surface area contributed by atoms with Crippen LogP contribution < -0.4 is 0 Å². The van der Waals surface area contributed by atoms with Crippen LogP contribution in [0, 0.1) is 0 Å². The van der Waals surface area contributed by atoms with Crippen LogP contribution in [0.25, 0.3) is 0 Å². The van der Waals surface area contributed by atoms with E-state index in [1.165, 1.54) is 12.8 Å². The molecule has 0 aliphatic carbocycles. The first-order chi connectivity index (χ1) is 7.76. The SMILES string of the molecule is CCC[C@@]12CC(=O)O[C@@H]1OC[C@@H]1CCCN12. The maximum Gasteiger partial charge on any atom is 0.310 e. The summed E-state index contributed by atoms with van der Waals surface area (Å²) in [5.74, 6) is -0.0917. The minimum atomic E-state index is -0.311. The van der Waals surface area contributed by atoms with E-state index in [9.17, 15) is 4.79 Å². The van der Waals surface area contributed by atoms with Crippen molar-refractivity contribution < 1.29 is 14.3 Å². The minimum absolute atomic E-state index is 0.0917. The molecule has 0 saturated carbocycles. The minimum Gasteiger partial charge on any atom is -0.434 e. The molecule has 0 aromatic heterocycles. The van der Waals surface area contributed by atoms with Gasteiger partial charge in [-0.1, -0.05) is 13.3 Å². The molecule has 0 spiro atoms. The zero-order valence-corrected chi connectivity index (χ0v) is 9.78. The Labute approximate surface area is 95.9 Å². The quantitative estimate of drug-likeness (QED) is 0.664. The Bertz CT molecular complexity index is 307. The first-order valence-electron chi connectivity index (χ1n) is 6.34. The molecule has 3 fully saturated rings. The van der Waals surface area contributed by atoms with Gasteiger partial charge in [-0.3, -0.25) is 9.69 Å². The van der Waals surface area contributed by atoms with Crippen molar-refractivity contribution in [2.45, 2.75) is 56.9 Å². The maximum atomic E-state index is 11.5. The van der Waals surface area contributed by atoms with E-state index in [0.717, 1.165) is 26.0 Å². The van der Waals surface area contributed by atoms with Crippen molar-refractivity contribution in [3.63, 3.8) is 0 Å². The molecule has 90 valence electrons. The van der Waals surface area contributed by atoms with Gasteiger partial charge in [-0.2, -0.15) is 0 Å². The summed E-state index contributed by atoms with van der Waals surface area (Å²) in [6.45, 7) is 3.98. The predicted molar refractivity (Wildman–Crippen MR) is 57.8 cm³/mol. The first-order valence-corrected chi connectivity index (χ1v) is 6.34. The van der Waals surface area contributed by atoms with Crippen LogP contribution in [0.2, 0.25) is 0 Å². The third-order valence-corrected chi connectivity index (χ3v) is 4.20. The van der Waals surface area contributed by atoms with Crippen molar-refractivity contribution in [1.82, 2.24) is 4.90 Å². The summed E-state index contributed by atoms with van der Waals surface area (Å²) in [7, 11) is 0. The van der Waals surface area contributed by atoms with E-state index in [-0.39, 0.29) is 17.8 Å². The Morgan fingerprint density at radius 1 is 1.56 bits per heavy atom. The molecule has 4 nitrogen and oxygen atoms in total. The van der Waals surface area contributed by atoms with Gasteiger partial charge in [0.25, 0.3) is 0 Å². The number of carbonyl (C=O) groups excluding carboxylic acids is 1. The number of hydrogen-bond donors (Lipinski definition) is 0. The number of carbonyl (C=O) groups is 1. The van der Waals surface area contributed by atoms with Gasteiger partial charge in [0.1, 0.15) is 0 Å². The second-order valence-corrected chi connectivity index (χ2v) is 5.17. The van der Waals surface area contributed by atoms with Crippen molar-refractivity contribution in [3.05, 3.63) is 0 Å². The van der Waals surface area contributed by atoms with Crippen LogP contribution in [-0.4, -0.2) is 41.9 Å². The number of hydrogen-bond acceptors (Lipinski definition) is 4. The van der Waals surface area contributed by atoms with Crippen LogP contribution in [0.15, 0.2) is 0 Å². The summed E-state index contributed by atoms with van der Waals surface area (Å²) in [5, 5.41) is 0. The summed E-state index contributed by atoms with van der Waals surface area (Å²) in [4.78, 5) is 14.0. The van der Waals surface area contributed by atoms with E-state index >= 15 is 0 Å². The number of fused-ring (bicyclic) bond motifs is 3. The first kappa shape index (κ1) is 10.5. The van der Waals surface area contributed by atoms with Crippen molar-refractivity contribution in [1.29, 1.82) is 0 Å². The van der Waals surface area contributed by atoms with Crippen molar-refractivity contribution >= 4 is 5.97 Å². The molecule has 3 atom stereocenters. The van der Waals surface area contributed by atoms with E-state index in [4.69, 9.17) is 9.47 Å². The summed E-state index contributed by atoms with van der Waals surface area (Å²) in [5.41, 5.74) is -0.148. The normalized spacial score (nSPS) is 42.9. The van der Waals surface area contributed by atoms with E-state index in [1.54, 1.807) is 0 Å². The van der Waals surface area contributed by atoms with Gasteiger partial charge in [-0.25, -0.2) is 0 Å². The molecule has 16 heavy (non-hydrogen) atoms. The number of esters is 1. The van der Waals surface area contributed by atoms with Crippen molar-refractivity contribution in [3.8, 4) is 0 Å². The van der Waals surface area contributed by atoms with Crippen LogP contribution in [0.4, 0.5) is 0 Å². The van der Waals surface area contributed by atoms with Crippen LogP contribution in [0.5, 0.6) is 0 Å². The van der Waals surface area contributed by atoms with Crippen molar-refractivity contribution in [2.75, 3.05) is 13.2 Å². The fraction of sp³-hybridized carbons (Fsp3) is 0.917. The van der Waals surface area contributed by atoms with Gasteiger partial charge >= 0.3 is 5.97 Å². The topological polar surface area (TPSA) is 38.8 Å². The van der Waals surface area contributed by atoms with Crippen LogP contribution in [-0.2, 0) is 14.3 Å². The second-order valence-electron chi connectivity index (χ2n) is 5.17. The zero-order chi connectivity index (χ0) is 11.2. The monoisotopic (exact) mass is 225 g/mol. The highest BCUT2D eigenvalue weighted by atomic mass is 16.7. The fourth-order valence-electron chi connectivity index (χ4n) is 3.61. The fourth-order valence-corrected chi connectivity index (χ4v) is 3.61. The molecule has 4 heteroatoms. The molecule has 0 unspecified atom stereocenters. The van der Waals surface area contributed by atoms with Crippen LogP contribution in [0.1, 0.15) is 39.0 Å². The number of rotatable bonds is 2. The molecule has 0 N–H and O–H groups in total. The largest absolute Gasteiger partial charge is 0.434 e.